The third-order valence-electron chi connectivity index (χ3n) is 4.49. The van der Waals surface area contributed by atoms with E-state index < -0.39 is 0 Å². The molecule has 0 spiro atoms. The van der Waals surface area contributed by atoms with Crippen LogP contribution in [-0.4, -0.2) is 0 Å². The van der Waals surface area contributed by atoms with E-state index in [-0.39, 0.29) is 5.41 Å². The standard InChI is InChI=1S/C22H22/c1-5-17-22(8-4,20-13-9-18(6-2)10-14-20)21-15-11-19(7-3)12-16-21/h2-3,9-16H,5,8,17H2,1,4H3. The quantitative estimate of drug-likeness (QED) is 0.667. The summed E-state index contributed by atoms with van der Waals surface area (Å²) in [6.07, 6.45) is 14.2. The summed E-state index contributed by atoms with van der Waals surface area (Å²) < 4.78 is 0. The van der Waals surface area contributed by atoms with Gasteiger partial charge in [0.25, 0.3) is 0 Å². The molecule has 2 rings (SSSR count). The molecular weight excluding hydrogens is 264 g/mol. The van der Waals surface area contributed by atoms with E-state index in [0.717, 1.165) is 30.4 Å². The van der Waals surface area contributed by atoms with Gasteiger partial charge in [-0.25, -0.2) is 0 Å². The molecule has 0 aromatic heterocycles. The Balaban J connectivity index is 2.54. The van der Waals surface area contributed by atoms with Gasteiger partial charge in [-0.2, -0.15) is 0 Å². The van der Waals surface area contributed by atoms with Crippen LogP contribution in [0.4, 0.5) is 0 Å². The maximum Gasteiger partial charge on any atom is 0.0242 e. The van der Waals surface area contributed by atoms with Gasteiger partial charge in [0, 0.05) is 16.5 Å². The van der Waals surface area contributed by atoms with Crippen LogP contribution in [0.5, 0.6) is 0 Å². The molecule has 0 amide bonds. The summed E-state index contributed by atoms with van der Waals surface area (Å²) in [5.41, 5.74) is 4.52. The number of benzene rings is 2. The lowest BCUT2D eigenvalue weighted by Gasteiger charge is -2.34. The summed E-state index contributed by atoms with van der Waals surface area (Å²) in [5.74, 6) is 5.38. The Bertz CT molecular complexity index is 630. The van der Waals surface area contributed by atoms with Crippen LogP contribution >= 0.6 is 0 Å². The van der Waals surface area contributed by atoms with E-state index in [1.165, 1.54) is 11.1 Å². The van der Waals surface area contributed by atoms with Crippen molar-refractivity contribution in [3.63, 3.8) is 0 Å². The highest BCUT2D eigenvalue weighted by Gasteiger charge is 2.31. The van der Waals surface area contributed by atoms with Crippen molar-refractivity contribution in [1.82, 2.24) is 0 Å². The molecule has 0 heteroatoms. The first kappa shape index (κ1) is 15.9. The molecule has 0 aliphatic carbocycles. The zero-order valence-electron chi connectivity index (χ0n) is 13.4. The zero-order valence-corrected chi connectivity index (χ0v) is 13.4. The molecule has 0 atom stereocenters. The van der Waals surface area contributed by atoms with Gasteiger partial charge in [0.2, 0.25) is 0 Å². The van der Waals surface area contributed by atoms with E-state index in [4.69, 9.17) is 12.8 Å². The summed E-state index contributed by atoms with van der Waals surface area (Å²) in [4.78, 5) is 0. The van der Waals surface area contributed by atoms with Crippen LogP contribution in [0.2, 0.25) is 0 Å². The maximum atomic E-state index is 5.47. The molecule has 0 fully saturated rings. The van der Waals surface area contributed by atoms with Crippen molar-refractivity contribution < 1.29 is 0 Å². The highest BCUT2D eigenvalue weighted by atomic mass is 14.3. The zero-order chi connectivity index (χ0) is 16.0. The predicted molar refractivity (Wildman–Crippen MR) is 94.7 cm³/mol. The molecule has 0 N–H and O–H groups in total. The van der Waals surface area contributed by atoms with Crippen molar-refractivity contribution >= 4 is 0 Å². The van der Waals surface area contributed by atoms with Crippen molar-refractivity contribution in [2.75, 3.05) is 0 Å². The average molecular weight is 286 g/mol. The fourth-order valence-corrected chi connectivity index (χ4v) is 3.24. The third-order valence-corrected chi connectivity index (χ3v) is 4.49. The molecular formula is C22H22. The smallest absolute Gasteiger partial charge is 0.0242 e. The number of terminal acetylenes is 2. The second kappa shape index (κ2) is 7.02. The van der Waals surface area contributed by atoms with Crippen LogP contribution in [0, 0.1) is 24.7 Å². The number of hydrogen-bond acceptors (Lipinski definition) is 0. The SMILES string of the molecule is C#Cc1ccc(C(CC)(CCC)c2ccc(C#C)cc2)cc1. The Labute approximate surface area is 134 Å². The van der Waals surface area contributed by atoms with E-state index in [1.807, 2.05) is 24.3 Å². The lowest BCUT2D eigenvalue weighted by atomic mass is 9.69. The Morgan fingerprint density at radius 3 is 1.45 bits per heavy atom. The Kier molecular flexibility index (Phi) is 5.08. The van der Waals surface area contributed by atoms with Gasteiger partial charge < -0.3 is 0 Å². The summed E-state index contributed by atoms with van der Waals surface area (Å²) in [5, 5.41) is 0. The Morgan fingerprint density at radius 2 is 1.18 bits per heavy atom. The van der Waals surface area contributed by atoms with Crippen LogP contribution in [0.15, 0.2) is 48.5 Å². The molecule has 2 aromatic carbocycles. The topological polar surface area (TPSA) is 0 Å². The molecule has 0 heterocycles. The maximum absolute atomic E-state index is 5.47. The van der Waals surface area contributed by atoms with E-state index in [2.05, 4.69) is 50.0 Å². The average Bonchev–Trinajstić information content (AvgIpc) is 2.60. The van der Waals surface area contributed by atoms with Crippen LogP contribution in [-0.2, 0) is 5.41 Å². The summed E-state index contributed by atoms with van der Waals surface area (Å²) in [6, 6.07) is 16.8. The summed E-state index contributed by atoms with van der Waals surface area (Å²) in [7, 11) is 0. The molecule has 22 heavy (non-hydrogen) atoms. The molecule has 110 valence electrons. The summed E-state index contributed by atoms with van der Waals surface area (Å²) >= 11 is 0. The van der Waals surface area contributed by atoms with E-state index in [9.17, 15) is 0 Å². The molecule has 0 aliphatic rings. The van der Waals surface area contributed by atoms with Crippen LogP contribution in [0.3, 0.4) is 0 Å². The highest BCUT2D eigenvalue weighted by molar-refractivity contribution is 5.45. The Morgan fingerprint density at radius 1 is 0.773 bits per heavy atom. The fraction of sp³-hybridized carbons (Fsp3) is 0.273. The Hall–Kier alpha value is -2.44. The van der Waals surface area contributed by atoms with Gasteiger partial charge in [-0.1, -0.05) is 56.4 Å². The normalized spacial score (nSPS) is 10.7. The first-order valence-corrected chi connectivity index (χ1v) is 7.84. The van der Waals surface area contributed by atoms with Gasteiger partial charge in [0.15, 0.2) is 0 Å². The minimum Gasteiger partial charge on any atom is -0.115 e. The van der Waals surface area contributed by atoms with Crippen LogP contribution < -0.4 is 0 Å². The van der Waals surface area contributed by atoms with Crippen molar-refractivity contribution in [3.8, 4) is 24.7 Å². The third kappa shape index (κ3) is 2.93. The molecule has 0 aliphatic heterocycles. The predicted octanol–water partition coefficient (Wildman–Crippen LogP) is 5.15. The summed E-state index contributed by atoms with van der Waals surface area (Å²) in [6.45, 7) is 4.48. The van der Waals surface area contributed by atoms with Crippen LogP contribution in [0.1, 0.15) is 55.4 Å². The molecule has 0 saturated carbocycles. The second-order valence-electron chi connectivity index (χ2n) is 5.63. The van der Waals surface area contributed by atoms with E-state index in [1.54, 1.807) is 0 Å². The van der Waals surface area contributed by atoms with Crippen molar-refractivity contribution in [2.24, 2.45) is 0 Å². The monoisotopic (exact) mass is 286 g/mol. The molecule has 0 saturated heterocycles. The fourth-order valence-electron chi connectivity index (χ4n) is 3.24. The molecule has 0 radical (unpaired) electrons. The highest BCUT2D eigenvalue weighted by Crippen LogP contribution is 2.40. The molecule has 2 aromatic rings. The van der Waals surface area contributed by atoms with Crippen molar-refractivity contribution in [2.45, 2.75) is 38.5 Å². The molecule has 0 unspecified atom stereocenters. The van der Waals surface area contributed by atoms with Crippen LogP contribution in [0.25, 0.3) is 0 Å². The van der Waals surface area contributed by atoms with Gasteiger partial charge in [-0.05, 0) is 48.2 Å². The number of hydrogen-bond donors (Lipinski definition) is 0. The van der Waals surface area contributed by atoms with Gasteiger partial charge in [0.05, 0.1) is 0 Å². The number of rotatable bonds is 5. The largest absolute Gasteiger partial charge is 0.115 e. The minimum absolute atomic E-state index is 0.0228. The van der Waals surface area contributed by atoms with Crippen molar-refractivity contribution in [1.29, 1.82) is 0 Å². The van der Waals surface area contributed by atoms with Crippen molar-refractivity contribution in [3.05, 3.63) is 70.8 Å². The molecule has 0 bridgehead atoms. The van der Waals surface area contributed by atoms with Gasteiger partial charge in [-0.15, -0.1) is 12.8 Å². The van der Waals surface area contributed by atoms with Gasteiger partial charge in [-0.3, -0.25) is 0 Å². The first-order valence-electron chi connectivity index (χ1n) is 7.84. The van der Waals surface area contributed by atoms with E-state index in [0.29, 0.717) is 0 Å². The minimum atomic E-state index is 0.0228. The lowest BCUT2D eigenvalue weighted by molar-refractivity contribution is 0.450. The van der Waals surface area contributed by atoms with Gasteiger partial charge in [0.1, 0.15) is 0 Å². The molecule has 0 nitrogen and oxygen atoms in total. The lowest BCUT2D eigenvalue weighted by Crippen LogP contribution is -2.26. The van der Waals surface area contributed by atoms with Gasteiger partial charge >= 0.3 is 0 Å². The van der Waals surface area contributed by atoms with E-state index >= 15 is 0 Å². The first-order chi connectivity index (χ1) is 10.7. The second-order valence-corrected chi connectivity index (χ2v) is 5.63.